The number of hydrogen-bond donors (Lipinski definition) is 2. The van der Waals surface area contributed by atoms with E-state index in [2.05, 4.69) is 5.32 Å². The number of nitrogens with one attached hydrogen (secondary N) is 1. The number of amides is 4. The fraction of sp³-hybridized carbons (Fsp3) is 0.500. The second kappa shape index (κ2) is 6.86. The van der Waals surface area contributed by atoms with Crippen molar-refractivity contribution in [3.05, 3.63) is 18.2 Å². The van der Waals surface area contributed by atoms with E-state index >= 15 is 0 Å². The molecule has 8 nitrogen and oxygen atoms in total. The predicted octanol–water partition coefficient (Wildman–Crippen LogP) is 1.94. The predicted molar refractivity (Wildman–Crippen MR) is 94.0 cm³/mol. The first-order valence-corrected chi connectivity index (χ1v) is 8.65. The quantitative estimate of drug-likeness (QED) is 0.799. The Labute approximate surface area is 151 Å². The number of likely N-dealkylation sites (N-methyl/N-ethyl adjacent to an activating group) is 1. The van der Waals surface area contributed by atoms with Gasteiger partial charge in [-0.1, -0.05) is 19.3 Å². The van der Waals surface area contributed by atoms with Crippen LogP contribution in [0, 0.1) is 0 Å². The molecular formula is C18H23N3O5. The molecule has 1 aliphatic carbocycles. The Morgan fingerprint density at radius 2 is 1.96 bits per heavy atom. The number of carbonyl (C=O) groups excluding carboxylic acids is 3. The maximum Gasteiger partial charge on any atom is 0.327 e. The highest BCUT2D eigenvalue weighted by Crippen LogP contribution is 2.39. The molecular weight excluding hydrogens is 338 g/mol. The number of nitrogens with zero attached hydrogens (tertiary/aromatic N) is 2. The number of urea groups is 1. The number of ether oxygens (including phenoxy) is 1. The Kier molecular flexibility index (Phi) is 4.76. The van der Waals surface area contributed by atoms with Gasteiger partial charge < -0.3 is 20.1 Å². The van der Waals surface area contributed by atoms with Crippen LogP contribution in [0.4, 0.5) is 10.5 Å². The van der Waals surface area contributed by atoms with Crippen LogP contribution in [0.1, 0.15) is 32.1 Å². The lowest BCUT2D eigenvalue weighted by Gasteiger charge is -2.35. The van der Waals surface area contributed by atoms with Crippen LogP contribution >= 0.6 is 0 Å². The Hall–Kier alpha value is -2.77. The number of hydrogen-bond acceptors (Lipinski definition) is 5. The molecule has 1 spiro atoms. The van der Waals surface area contributed by atoms with Crippen LogP contribution in [-0.4, -0.2) is 59.0 Å². The van der Waals surface area contributed by atoms with Gasteiger partial charge in [0.05, 0.1) is 7.11 Å². The van der Waals surface area contributed by atoms with Crippen molar-refractivity contribution in [1.82, 2.24) is 9.80 Å². The van der Waals surface area contributed by atoms with Crippen molar-refractivity contribution in [1.29, 1.82) is 0 Å². The first kappa shape index (κ1) is 18.0. The Balaban J connectivity index is 1.70. The summed E-state index contributed by atoms with van der Waals surface area (Å²) in [5.74, 6) is -0.622. The monoisotopic (exact) mass is 361 g/mol. The molecule has 8 heteroatoms. The van der Waals surface area contributed by atoms with E-state index in [1.165, 1.54) is 24.1 Å². The van der Waals surface area contributed by atoms with Gasteiger partial charge in [0, 0.05) is 18.8 Å². The summed E-state index contributed by atoms with van der Waals surface area (Å²) in [6.45, 7) is -0.351. The maximum absolute atomic E-state index is 12.9. The minimum absolute atomic E-state index is 0.112. The Morgan fingerprint density at radius 1 is 1.27 bits per heavy atom. The van der Waals surface area contributed by atoms with Crippen molar-refractivity contribution in [2.75, 3.05) is 26.0 Å². The number of phenolic OH excluding ortho intramolecular Hbond substituents is 1. The second-order valence-corrected chi connectivity index (χ2v) is 6.76. The fourth-order valence-electron chi connectivity index (χ4n) is 3.78. The van der Waals surface area contributed by atoms with Gasteiger partial charge in [-0.15, -0.1) is 0 Å². The second-order valence-electron chi connectivity index (χ2n) is 6.76. The highest BCUT2D eigenvalue weighted by molar-refractivity contribution is 6.10. The Morgan fingerprint density at radius 3 is 2.58 bits per heavy atom. The minimum atomic E-state index is -0.798. The van der Waals surface area contributed by atoms with Crippen molar-refractivity contribution in [2.45, 2.75) is 37.6 Å². The summed E-state index contributed by atoms with van der Waals surface area (Å²) in [6.07, 6.45) is 4.12. The van der Waals surface area contributed by atoms with Crippen LogP contribution in [0.2, 0.25) is 0 Å². The van der Waals surface area contributed by atoms with E-state index in [0.29, 0.717) is 18.5 Å². The molecule has 1 aliphatic heterocycles. The normalized spacial score (nSPS) is 19.2. The molecule has 4 amide bonds. The minimum Gasteiger partial charge on any atom is -0.504 e. The number of benzene rings is 1. The van der Waals surface area contributed by atoms with E-state index < -0.39 is 17.5 Å². The molecule has 2 aliphatic rings. The van der Waals surface area contributed by atoms with Crippen molar-refractivity contribution >= 4 is 23.5 Å². The fourth-order valence-corrected chi connectivity index (χ4v) is 3.78. The maximum atomic E-state index is 12.9. The van der Waals surface area contributed by atoms with Crippen LogP contribution in [0.5, 0.6) is 11.5 Å². The van der Waals surface area contributed by atoms with Crippen LogP contribution in [0.3, 0.4) is 0 Å². The van der Waals surface area contributed by atoms with Crippen LogP contribution in [0.15, 0.2) is 18.2 Å². The molecule has 140 valence electrons. The average Bonchev–Trinajstić information content (AvgIpc) is 2.79. The van der Waals surface area contributed by atoms with E-state index in [1.807, 2.05) is 0 Å². The lowest BCUT2D eigenvalue weighted by atomic mass is 9.81. The van der Waals surface area contributed by atoms with E-state index in [9.17, 15) is 19.5 Å². The molecule has 0 bridgehead atoms. The van der Waals surface area contributed by atoms with Crippen LogP contribution in [0.25, 0.3) is 0 Å². The zero-order valence-corrected chi connectivity index (χ0v) is 14.9. The van der Waals surface area contributed by atoms with Crippen molar-refractivity contribution in [3.8, 4) is 11.5 Å². The molecule has 3 rings (SSSR count). The summed E-state index contributed by atoms with van der Waals surface area (Å²) >= 11 is 0. The molecule has 1 aromatic carbocycles. The SMILES string of the molecule is COc1ccc(NC(=O)CN2C(=O)N(C)C3(CCCCC3)C2=O)cc1O. The van der Waals surface area contributed by atoms with Crippen molar-refractivity contribution in [2.24, 2.45) is 0 Å². The van der Waals surface area contributed by atoms with E-state index in [-0.39, 0.29) is 24.0 Å². The number of carbonyl (C=O) groups is 3. The van der Waals surface area contributed by atoms with Gasteiger partial charge in [-0.05, 0) is 25.0 Å². The summed E-state index contributed by atoms with van der Waals surface area (Å²) in [7, 11) is 3.06. The molecule has 0 unspecified atom stereocenters. The smallest absolute Gasteiger partial charge is 0.327 e. The highest BCUT2D eigenvalue weighted by Gasteiger charge is 2.55. The van der Waals surface area contributed by atoms with E-state index in [0.717, 1.165) is 24.2 Å². The van der Waals surface area contributed by atoms with E-state index in [1.54, 1.807) is 13.1 Å². The first-order valence-electron chi connectivity index (χ1n) is 8.65. The molecule has 1 heterocycles. The number of aromatic hydroxyl groups is 1. The van der Waals surface area contributed by atoms with E-state index in [4.69, 9.17) is 4.74 Å². The summed E-state index contributed by atoms with van der Waals surface area (Å²) < 4.78 is 4.95. The molecule has 0 aromatic heterocycles. The van der Waals surface area contributed by atoms with Crippen LogP contribution in [-0.2, 0) is 9.59 Å². The molecule has 26 heavy (non-hydrogen) atoms. The van der Waals surface area contributed by atoms with Crippen molar-refractivity contribution < 1.29 is 24.2 Å². The summed E-state index contributed by atoms with van der Waals surface area (Å²) in [5, 5.41) is 12.4. The summed E-state index contributed by atoms with van der Waals surface area (Å²) in [4.78, 5) is 40.2. The first-order chi connectivity index (χ1) is 12.4. The molecule has 0 radical (unpaired) electrons. The lowest BCUT2D eigenvalue weighted by molar-refractivity contribution is -0.136. The third-order valence-electron chi connectivity index (χ3n) is 5.25. The third kappa shape index (κ3) is 2.95. The molecule has 1 saturated heterocycles. The number of imide groups is 1. The molecule has 2 fully saturated rings. The highest BCUT2D eigenvalue weighted by atomic mass is 16.5. The standard InChI is InChI=1S/C18H23N3O5/c1-20-17(25)21(16(24)18(20)8-4-3-5-9-18)11-15(23)19-12-6-7-14(26-2)13(22)10-12/h6-7,10,22H,3-5,8-9,11H2,1-2H3,(H,19,23). The molecule has 0 atom stereocenters. The lowest BCUT2D eigenvalue weighted by Crippen LogP contribution is -2.49. The Bertz CT molecular complexity index is 742. The number of anilines is 1. The van der Waals surface area contributed by atoms with Gasteiger partial charge >= 0.3 is 6.03 Å². The number of phenols is 1. The molecule has 1 aromatic rings. The van der Waals surface area contributed by atoms with Gasteiger partial charge in [-0.25, -0.2) is 4.79 Å². The van der Waals surface area contributed by atoms with Gasteiger partial charge in [-0.2, -0.15) is 0 Å². The zero-order chi connectivity index (χ0) is 18.9. The van der Waals surface area contributed by atoms with Gasteiger partial charge in [0.2, 0.25) is 5.91 Å². The average molecular weight is 361 g/mol. The summed E-state index contributed by atoms with van der Waals surface area (Å²) in [6, 6.07) is 3.99. The topological polar surface area (TPSA) is 99.2 Å². The number of rotatable bonds is 4. The number of methoxy groups -OCH3 is 1. The molecule has 2 N–H and O–H groups in total. The van der Waals surface area contributed by atoms with Crippen molar-refractivity contribution in [3.63, 3.8) is 0 Å². The van der Waals surface area contributed by atoms with Gasteiger partial charge in [0.15, 0.2) is 11.5 Å². The largest absolute Gasteiger partial charge is 0.504 e. The van der Waals surface area contributed by atoms with Gasteiger partial charge in [0.25, 0.3) is 5.91 Å². The van der Waals surface area contributed by atoms with Gasteiger partial charge in [0.1, 0.15) is 12.1 Å². The third-order valence-corrected chi connectivity index (χ3v) is 5.25. The van der Waals surface area contributed by atoms with Crippen LogP contribution < -0.4 is 10.1 Å². The zero-order valence-electron chi connectivity index (χ0n) is 14.9. The van der Waals surface area contributed by atoms with Gasteiger partial charge in [-0.3, -0.25) is 14.5 Å². The molecule has 1 saturated carbocycles. The summed E-state index contributed by atoms with van der Waals surface area (Å²) in [5.41, 5.74) is -0.443.